The molecule has 0 aromatic heterocycles. The van der Waals surface area contributed by atoms with Gasteiger partial charge >= 0.3 is 6.09 Å². The highest BCUT2D eigenvalue weighted by atomic mass is 16.6. The van der Waals surface area contributed by atoms with Gasteiger partial charge in [-0.2, -0.15) is 0 Å². The molecular weight excluding hydrogens is 354 g/mol. The number of carbonyl (C=O) groups is 1. The first-order chi connectivity index (χ1) is 13.7. The number of methoxy groups -OCH3 is 1. The van der Waals surface area contributed by atoms with Crippen LogP contribution in [0, 0.1) is 6.92 Å². The third-order valence-electron chi connectivity index (χ3n) is 5.41. The number of rotatable bonds is 4. The molecule has 2 heterocycles. The average molecular weight is 379 g/mol. The van der Waals surface area contributed by atoms with Gasteiger partial charge in [0.1, 0.15) is 12.4 Å². The summed E-state index contributed by atoms with van der Waals surface area (Å²) in [6.45, 7) is 3.39. The summed E-state index contributed by atoms with van der Waals surface area (Å²) in [5.74, 6) is 0.840. The monoisotopic (exact) mass is 379 g/mol. The molecule has 2 aromatic rings. The maximum absolute atomic E-state index is 12.8. The van der Waals surface area contributed by atoms with E-state index in [-0.39, 0.29) is 24.8 Å². The Labute approximate surface area is 165 Å². The molecule has 28 heavy (non-hydrogen) atoms. The van der Waals surface area contributed by atoms with E-state index in [1.165, 1.54) is 16.7 Å². The Morgan fingerprint density at radius 1 is 1.18 bits per heavy atom. The summed E-state index contributed by atoms with van der Waals surface area (Å²) in [4.78, 5) is 14.6. The number of hydrogen-bond acceptors (Lipinski definition) is 4. The maximum Gasteiger partial charge on any atom is 0.411 e. The first-order valence-corrected chi connectivity index (χ1v) is 9.58. The Morgan fingerprint density at radius 2 is 2.00 bits per heavy atom. The minimum Gasteiger partial charge on any atom is -0.497 e. The Morgan fingerprint density at radius 3 is 2.75 bits per heavy atom. The molecule has 4 rings (SSSR count). The molecular formula is C23H25NO4. The first kappa shape index (κ1) is 18.6. The quantitative estimate of drug-likeness (QED) is 0.799. The zero-order chi connectivity index (χ0) is 19.5. The van der Waals surface area contributed by atoms with Gasteiger partial charge in [-0.05, 0) is 47.7 Å². The fraction of sp³-hybridized carbons (Fsp3) is 0.348. The lowest BCUT2D eigenvalue weighted by atomic mass is 9.88. The van der Waals surface area contributed by atoms with Crippen LogP contribution >= 0.6 is 0 Å². The van der Waals surface area contributed by atoms with Gasteiger partial charge in [-0.3, -0.25) is 4.90 Å². The number of benzene rings is 2. The fourth-order valence-electron chi connectivity index (χ4n) is 3.95. The molecule has 2 bridgehead atoms. The van der Waals surface area contributed by atoms with Crippen molar-refractivity contribution < 1.29 is 19.0 Å². The molecule has 2 atom stereocenters. The Bertz CT molecular complexity index is 877. The molecule has 5 nitrogen and oxygen atoms in total. The SMILES string of the molecule is COc1ccc(C)c(C2=CC3COCC(C2)N3C(=O)OCc2ccccc2)c1. The minimum atomic E-state index is -0.278. The smallest absolute Gasteiger partial charge is 0.411 e. The number of morpholine rings is 1. The lowest BCUT2D eigenvalue weighted by Crippen LogP contribution is -2.56. The molecule has 146 valence electrons. The van der Waals surface area contributed by atoms with Gasteiger partial charge in [0, 0.05) is 0 Å². The van der Waals surface area contributed by atoms with Crippen LogP contribution in [-0.4, -0.2) is 43.4 Å². The van der Waals surface area contributed by atoms with Crippen molar-refractivity contribution in [3.05, 3.63) is 71.3 Å². The van der Waals surface area contributed by atoms with Crippen LogP contribution in [0.4, 0.5) is 4.79 Å². The number of aryl methyl sites for hydroxylation is 1. The second kappa shape index (κ2) is 8.07. The van der Waals surface area contributed by atoms with Gasteiger partial charge in [0.05, 0.1) is 32.4 Å². The summed E-state index contributed by atoms with van der Waals surface area (Å²) in [6, 6.07) is 15.7. The van der Waals surface area contributed by atoms with E-state index in [0.29, 0.717) is 13.2 Å². The highest BCUT2D eigenvalue weighted by Crippen LogP contribution is 2.35. The van der Waals surface area contributed by atoms with E-state index in [9.17, 15) is 4.79 Å². The number of ether oxygens (including phenoxy) is 3. The lowest BCUT2D eigenvalue weighted by molar-refractivity contribution is -0.0342. The van der Waals surface area contributed by atoms with Crippen LogP contribution in [0.5, 0.6) is 5.75 Å². The van der Waals surface area contributed by atoms with E-state index in [0.717, 1.165) is 17.7 Å². The highest BCUT2D eigenvalue weighted by Gasteiger charge is 2.39. The van der Waals surface area contributed by atoms with Gasteiger partial charge in [-0.15, -0.1) is 0 Å². The molecule has 0 radical (unpaired) electrons. The van der Waals surface area contributed by atoms with Crippen molar-refractivity contribution in [1.82, 2.24) is 4.90 Å². The van der Waals surface area contributed by atoms with Crippen molar-refractivity contribution in [3.8, 4) is 5.75 Å². The van der Waals surface area contributed by atoms with Crippen LogP contribution in [0.1, 0.15) is 23.1 Å². The Hall–Kier alpha value is -2.79. The van der Waals surface area contributed by atoms with Crippen LogP contribution in [-0.2, 0) is 16.1 Å². The molecule has 1 fully saturated rings. The standard InChI is InChI=1S/C23H25NO4/c1-16-8-9-21(26-2)12-22(16)18-10-19-14-27-15-20(11-18)24(19)23(25)28-13-17-6-4-3-5-7-17/h3-10,12,19-20H,11,13-15H2,1-2H3. The molecule has 0 saturated carbocycles. The van der Waals surface area contributed by atoms with Gasteiger partial charge in [0.2, 0.25) is 0 Å². The molecule has 2 aromatic carbocycles. The summed E-state index contributed by atoms with van der Waals surface area (Å²) in [6.07, 6.45) is 2.60. The van der Waals surface area contributed by atoms with Crippen molar-refractivity contribution in [2.24, 2.45) is 0 Å². The normalized spacial score (nSPS) is 21.1. The van der Waals surface area contributed by atoms with E-state index in [1.807, 2.05) is 41.3 Å². The minimum absolute atomic E-state index is 0.0207. The van der Waals surface area contributed by atoms with Crippen molar-refractivity contribution in [1.29, 1.82) is 0 Å². The Balaban J connectivity index is 1.53. The molecule has 5 heteroatoms. The van der Waals surface area contributed by atoms with Crippen molar-refractivity contribution in [3.63, 3.8) is 0 Å². The number of carbonyl (C=O) groups excluding carboxylic acids is 1. The average Bonchev–Trinajstić information content (AvgIpc) is 2.72. The van der Waals surface area contributed by atoms with E-state index in [1.54, 1.807) is 7.11 Å². The van der Waals surface area contributed by atoms with Crippen molar-refractivity contribution in [2.75, 3.05) is 20.3 Å². The van der Waals surface area contributed by atoms with Gasteiger partial charge in [-0.1, -0.05) is 42.5 Å². The first-order valence-electron chi connectivity index (χ1n) is 9.58. The van der Waals surface area contributed by atoms with E-state index < -0.39 is 0 Å². The van der Waals surface area contributed by atoms with Crippen LogP contribution in [0.15, 0.2) is 54.6 Å². The van der Waals surface area contributed by atoms with Crippen molar-refractivity contribution in [2.45, 2.75) is 32.0 Å². The van der Waals surface area contributed by atoms with Crippen LogP contribution in [0.25, 0.3) is 5.57 Å². The second-order valence-corrected chi connectivity index (χ2v) is 7.28. The highest BCUT2D eigenvalue weighted by molar-refractivity contribution is 5.76. The predicted molar refractivity (Wildman–Crippen MR) is 107 cm³/mol. The molecule has 2 unspecified atom stereocenters. The molecule has 2 aliphatic rings. The van der Waals surface area contributed by atoms with Gasteiger partial charge in [0.25, 0.3) is 0 Å². The molecule has 0 N–H and O–H groups in total. The summed E-state index contributed by atoms with van der Waals surface area (Å²) >= 11 is 0. The summed E-state index contributed by atoms with van der Waals surface area (Å²) in [7, 11) is 1.68. The van der Waals surface area contributed by atoms with Gasteiger partial charge in [-0.25, -0.2) is 4.79 Å². The largest absolute Gasteiger partial charge is 0.497 e. The zero-order valence-corrected chi connectivity index (χ0v) is 16.3. The number of amides is 1. The van der Waals surface area contributed by atoms with Gasteiger partial charge < -0.3 is 14.2 Å². The topological polar surface area (TPSA) is 48.0 Å². The van der Waals surface area contributed by atoms with E-state index in [2.05, 4.69) is 25.1 Å². The molecule has 1 saturated heterocycles. The summed E-state index contributed by atoms with van der Waals surface area (Å²) in [5, 5.41) is 0. The van der Waals surface area contributed by atoms with Gasteiger partial charge in [0.15, 0.2) is 0 Å². The van der Waals surface area contributed by atoms with E-state index in [4.69, 9.17) is 14.2 Å². The summed E-state index contributed by atoms with van der Waals surface area (Å²) in [5.41, 5.74) is 4.60. The lowest BCUT2D eigenvalue weighted by Gasteiger charge is -2.44. The second-order valence-electron chi connectivity index (χ2n) is 7.28. The summed E-state index contributed by atoms with van der Waals surface area (Å²) < 4.78 is 16.7. The maximum atomic E-state index is 12.8. The number of nitrogens with zero attached hydrogens (tertiary/aromatic N) is 1. The zero-order valence-electron chi connectivity index (χ0n) is 16.3. The van der Waals surface area contributed by atoms with E-state index >= 15 is 0 Å². The van der Waals surface area contributed by atoms with Crippen molar-refractivity contribution >= 4 is 11.7 Å². The fourth-order valence-corrected chi connectivity index (χ4v) is 3.95. The molecule has 1 amide bonds. The van der Waals surface area contributed by atoms with Crippen LogP contribution in [0.3, 0.4) is 0 Å². The Kier molecular flexibility index (Phi) is 5.35. The number of hydrogen-bond donors (Lipinski definition) is 0. The van der Waals surface area contributed by atoms with Crippen LogP contribution in [0.2, 0.25) is 0 Å². The molecule has 0 aliphatic carbocycles. The predicted octanol–water partition coefficient (Wildman–Crippen LogP) is 4.20. The molecule has 2 aliphatic heterocycles. The number of fused-ring (bicyclic) bond motifs is 2. The third kappa shape index (κ3) is 3.76. The third-order valence-corrected chi connectivity index (χ3v) is 5.41. The van der Waals surface area contributed by atoms with Crippen LogP contribution < -0.4 is 4.74 Å². The molecule has 0 spiro atoms.